The monoisotopic (exact) mass is 353 g/mol. The van der Waals surface area contributed by atoms with Gasteiger partial charge in [-0.2, -0.15) is 0 Å². The van der Waals surface area contributed by atoms with E-state index in [1.165, 1.54) is 11.1 Å². The lowest BCUT2D eigenvalue weighted by Gasteiger charge is -2.43. The van der Waals surface area contributed by atoms with Crippen LogP contribution in [0.5, 0.6) is 0 Å². The molecule has 0 aromatic heterocycles. The fourth-order valence-corrected chi connectivity index (χ4v) is 4.27. The Morgan fingerprint density at radius 2 is 1.27 bits per heavy atom. The van der Waals surface area contributed by atoms with Crippen LogP contribution in [-0.2, 0) is 10.2 Å². The van der Waals surface area contributed by atoms with Crippen molar-refractivity contribution in [1.82, 2.24) is 4.90 Å². The molecule has 2 nitrogen and oxygen atoms in total. The van der Waals surface area contributed by atoms with E-state index < -0.39 is 0 Å². The first-order chi connectivity index (χ1) is 12.6. The molecule has 2 aromatic rings. The van der Waals surface area contributed by atoms with Crippen molar-refractivity contribution < 1.29 is 4.74 Å². The number of ether oxygens (including phenoxy) is 1. The van der Waals surface area contributed by atoms with Crippen LogP contribution in [0.4, 0.5) is 0 Å². The van der Waals surface area contributed by atoms with Crippen LogP contribution in [0.25, 0.3) is 0 Å². The molecule has 0 spiro atoms. The third-order valence-corrected chi connectivity index (χ3v) is 5.74. The lowest BCUT2D eigenvalue weighted by atomic mass is 9.67. The van der Waals surface area contributed by atoms with E-state index in [9.17, 15) is 0 Å². The molecule has 0 fully saturated rings. The van der Waals surface area contributed by atoms with Gasteiger partial charge in [0.1, 0.15) is 6.23 Å². The Labute approximate surface area is 160 Å². The third-order valence-electron chi connectivity index (χ3n) is 5.74. The number of rotatable bonds is 10. The maximum atomic E-state index is 6.73. The van der Waals surface area contributed by atoms with Crippen LogP contribution in [0.3, 0.4) is 0 Å². The highest BCUT2D eigenvalue weighted by molar-refractivity contribution is 5.41. The molecule has 0 radical (unpaired) electrons. The van der Waals surface area contributed by atoms with Gasteiger partial charge < -0.3 is 4.74 Å². The average Bonchev–Trinajstić information content (AvgIpc) is 2.70. The van der Waals surface area contributed by atoms with Crippen molar-refractivity contribution in [3.63, 3.8) is 0 Å². The largest absolute Gasteiger partial charge is 0.359 e. The van der Waals surface area contributed by atoms with E-state index in [2.05, 4.69) is 100 Å². The van der Waals surface area contributed by atoms with Crippen molar-refractivity contribution in [3.8, 4) is 0 Å². The number of benzene rings is 2. The lowest BCUT2D eigenvalue weighted by Crippen LogP contribution is -2.46. The summed E-state index contributed by atoms with van der Waals surface area (Å²) >= 11 is 0. The molecule has 0 aliphatic carbocycles. The molecule has 0 bridgehead atoms. The first-order valence-corrected chi connectivity index (χ1v) is 10.1. The molecule has 2 heteroatoms. The van der Waals surface area contributed by atoms with Gasteiger partial charge in [0, 0.05) is 5.41 Å². The Morgan fingerprint density at radius 1 is 0.808 bits per heavy atom. The zero-order valence-corrected chi connectivity index (χ0v) is 17.1. The van der Waals surface area contributed by atoms with Crippen LogP contribution < -0.4 is 0 Å². The molecule has 0 aliphatic heterocycles. The van der Waals surface area contributed by atoms with E-state index in [0.717, 1.165) is 25.9 Å². The molecule has 0 saturated heterocycles. The van der Waals surface area contributed by atoms with Crippen molar-refractivity contribution in [2.24, 2.45) is 0 Å². The van der Waals surface area contributed by atoms with Crippen molar-refractivity contribution in [1.29, 1.82) is 0 Å². The topological polar surface area (TPSA) is 12.5 Å². The van der Waals surface area contributed by atoms with Gasteiger partial charge in [0.05, 0.1) is 6.10 Å². The van der Waals surface area contributed by atoms with Crippen LogP contribution in [0.1, 0.15) is 58.6 Å². The third kappa shape index (κ3) is 4.19. The molecular formula is C24H35NO. The standard InChI is InChI=1S/C24H35NO/c1-6-23(26-20(5)25(8-3)9-4)24(7-2,21-16-12-10-13-17-21)22-18-14-11-15-19-22/h10-20,23H,6-9H2,1-5H3. The van der Waals surface area contributed by atoms with Gasteiger partial charge in [-0.3, -0.25) is 4.90 Å². The number of hydrogen-bond donors (Lipinski definition) is 0. The van der Waals surface area contributed by atoms with Crippen LogP contribution >= 0.6 is 0 Å². The Balaban J connectivity index is 2.51. The zero-order valence-electron chi connectivity index (χ0n) is 17.1. The van der Waals surface area contributed by atoms with Crippen molar-refractivity contribution in [2.45, 2.75) is 65.2 Å². The average molecular weight is 354 g/mol. The Bertz CT molecular complexity index is 582. The molecule has 0 N–H and O–H groups in total. The normalized spacial score (nSPS) is 14.4. The second kappa shape index (κ2) is 9.89. The SMILES string of the molecule is CCC(OC(C)N(CC)CC)C(CC)(c1ccccc1)c1ccccc1. The summed E-state index contributed by atoms with van der Waals surface area (Å²) in [6, 6.07) is 21.8. The van der Waals surface area contributed by atoms with Crippen LogP contribution in [0.15, 0.2) is 60.7 Å². The predicted octanol–water partition coefficient (Wildman–Crippen LogP) is 5.87. The minimum Gasteiger partial charge on any atom is -0.359 e. The minimum atomic E-state index is -0.140. The van der Waals surface area contributed by atoms with Crippen LogP contribution in [0.2, 0.25) is 0 Å². The van der Waals surface area contributed by atoms with E-state index in [1.54, 1.807) is 0 Å². The molecular weight excluding hydrogens is 318 g/mol. The van der Waals surface area contributed by atoms with Gasteiger partial charge in [-0.15, -0.1) is 0 Å². The van der Waals surface area contributed by atoms with E-state index in [4.69, 9.17) is 4.74 Å². The van der Waals surface area contributed by atoms with Gasteiger partial charge >= 0.3 is 0 Å². The highest BCUT2D eigenvalue weighted by Gasteiger charge is 2.41. The highest BCUT2D eigenvalue weighted by Crippen LogP contribution is 2.42. The Kier molecular flexibility index (Phi) is 7.86. The molecule has 0 heterocycles. The molecule has 26 heavy (non-hydrogen) atoms. The molecule has 0 aliphatic rings. The second-order valence-electron chi connectivity index (χ2n) is 6.91. The zero-order chi connectivity index (χ0) is 19.0. The summed E-state index contributed by atoms with van der Waals surface area (Å²) in [5.74, 6) is 0. The summed E-state index contributed by atoms with van der Waals surface area (Å²) in [5.41, 5.74) is 2.54. The fraction of sp³-hybridized carbons (Fsp3) is 0.500. The molecule has 0 amide bonds. The maximum Gasteiger partial charge on any atom is 0.108 e. The van der Waals surface area contributed by atoms with E-state index in [1.807, 2.05) is 0 Å². The van der Waals surface area contributed by atoms with Crippen LogP contribution in [0, 0.1) is 0 Å². The predicted molar refractivity (Wildman–Crippen MR) is 112 cm³/mol. The molecule has 2 aromatic carbocycles. The molecule has 2 rings (SSSR count). The summed E-state index contributed by atoms with van der Waals surface area (Å²) < 4.78 is 6.73. The summed E-state index contributed by atoms with van der Waals surface area (Å²) in [4.78, 5) is 2.37. The highest BCUT2D eigenvalue weighted by atomic mass is 16.5. The second-order valence-corrected chi connectivity index (χ2v) is 6.91. The fourth-order valence-electron chi connectivity index (χ4n) is 4.27. The first kappa shape index (κ1) is 20.7. The quantitative estimate of drug-likeness (QED) is 0.496. The van der Waals surface area contributed by atoms with E-state index in [0.29, 0.717) is 0 Å². The van der Waals surface area contributed by atoms with E-state index in [-0.39, 0.29) is 17.7 Å². The molecule has 142 valence electrons. The molecule has 2 atom stereocenters. The van der Waals surface area contributed by atoms with Gasteiger partial charge in [-0.1, -0.05) is 88.4 Å². The first-order valence-electron chi connectivity index (χ1n) is 10.1. The van der Waals surface area contributed by atoms with Crippen LogP contribution in [-0.4, -0.2) is 30.3 Å². The van der Waals surface area contributed by atoms with Gasteiger partial charge in [-0.25, -0.2) is 0 Å². The van der Waals surface area contributed by atoms with Gasteiger partial charge in [-0.05, 0) is 44.0 Å². The minimum absolute atomic E-state index is 0.105. The summed E-state index contributed by atoms with van der Waals surface area (Å²) in [7, 11) is 0. The van der Waals surface area contributed by atoms with E-state index >= 15 is 0 Å². The number of nitrogens with zero attached hydrogens (tertiary/aromatic N) is 1. The lowest BCUT2D eigenvalue weighted by molar-refractivity contribution is -0.109. The summed E-state index contributed by atoms with van der Waals surface area (Å²) in [5, 5.41) is 0. The smallest absolute Gasteiger partial charge is 0.108 e. The van der Waals surface area contributed by atoms with Gasteiger partial charge in [0.25, 0.3) is 0 Å². The van der Waals surface area contributed by atoms with Gasteiger partial charge in [0.2, 0.25) is 0 Å². The van der Waals surface area contributed by atoms with Gasteiger partial charge in [0.15, 0.2) is 0 Å². The van der Waals surface area contributed by atoms with Crippen molar-refractivity contribution >= 4 is 0 Å². The molecule has 0 saturated carbocycles. The van der Waals surface area contributed by atoms with Crippen molar-refractivity contribution in [2.75, 3.05) is 13.1 Å². The summed E-state index contributed by atoms with van der Waals surface area (Å²) in [6.45, 7) is 13.1. The maximum absolute atomic E-state index is 6.73. The van der Waals surface area contributed by atoms with Crippen molar-refractivity contribution in [3.05, 3.63) is 71.8 Å². The Morgan fingerprint density at radius 3 is 1.62 bits per heavy atom. The molecule has 2 unspecified atom stereocenters. The summed E-state index contributed by atoms with van der Waals surface area (Å²) in [6.07, 6.45) is 2.20. The Hall–Kier alpha value is -1.64. The number of hydrogen-bond acceptors (Lipinski definition) is 2.